The Bertz CT molecular complexity index is 229. The van der Waals surface area contributed by atoms with Crippen molar-refractivity contribution in [2.24, 2.45) is 0 Å². The fraction of sp³-hybridized carbons (Fsp3) is 0.571. The minimum atomic E-state index is -1.20. The van der Waals surface area contributed by atoms with Crippen molar-refractivity contribution in [2.45, 2.75) is 19.4 Å². The molecule has 0 aromatic heterocycles. The summed E-state index contributed by atoms with van der Waals surface area (Å²) in [7, 11) is 0. The largest absolute Gasteiger partial charge is 0.480 e. The van der Waals surface area contributed by atoms with Crippen molar-refractivity contribution in [3.05, 3.63) is 0 Å². The second-order valence-corrected chi connectivity index (χ2v) is 3.24. The molecule has 0 spiro atoms. The zero-order valence-electron chi connectivity index (χ0n) is 7.36. The van der Waals surface area contributed by atoms with Crippen LogP contribution in [0.15, 0.2) is 0 Å². The number of carboxylic acid groups (broad SMARTS) is 1. The monoisotopic (exact) mass is 205 g/mol. The van der Waals surface area contributed by atoms with E-state index in [0.717, 1.165) is 11.8 Å². The molecule has 0 radical (unpaired) electrons. The van der Waals surface area contributed by atoms with E-state index in [2.05, 4.69) is 5.32 Å². The zero-order chi connectivity index (χ0) is 10.4. The predicted octanol–water partition coefficient (Wildman–Crippen LogP) is -0.145. The molecule has 2 N–H and O–H groups in total. The molecular weight excluding hydrogens is 194 g/mol. The van der Waals surface area contributed by atoms with Gasteiger partial charge in [-0.05, 0) is 6.26 Å². The Kier molecular flexibility index (Phi) is 5.13. The summed E-state index contributed by atoms with van der Waals surface area (Å²) in [6, 6.07) is -1.11. The molecule has 6 heteroatoms. The fourth-order valence-corrected chi connectivity index (χ4v) is 1.03. The summed E-state index contributed by atoms with van der Waals surface area (Å²) in [5.74, 6) is -1.65. The molecule has 0 aromatic carbocycles. The van der Waals surface area contributed by atoms with Crippen LogP contribution in [0.2, 0.25) is 0 Å². The number of nitrogens with one attached hydrogen (secondary N) is 1. The Balaban J connectivity index is 4.18. The predicted molar refractivity (Wildman–Crippen MR) is 48.4 cm³/mol. The third-order valence-corrected chi connectivity index (χ3v) is 1.90. The molecule has 0 aliphatic rings. The number of thioether (sulfide) groups is 1. The van der Waals surface area contributed by atoms with Gasteiger partial charge in [-0.3, -0.25) is 9.59 Å². The Hall–Kier alpha value is -1.04. The van der Waals surface area contributed by atoms with Crippen molar-refractivity contribution in [1.82, 2.24) is 5.32 Å². The van der Waals surface area contributed by atoms with E-state index in [1.54, 1.807) is 6.26 Å². The van der Waals surface area contributed by atoms with Gasteiger partial charge < -0.3 is 10.4 Å². The molecule has 0 unspecified atom stereocenters. The minimum absolute atomic E-state index is 0.184. The van der Waals surface area contributed by atoms with Gasteiger partial charge in [-0.2, -0.15) is 0 Å². The van der Waals surface area contributed by atoms with E-state index in [0.29, 0.717) is 0 Å². The van der Waals surface area contributed by atoms with Crippen LogP contribution in [0.5, 0.6) is 0 Å². The number of carbonyl (C=O) groups is 3. The maximum absolute atomic E-state index is 10.9. The molecule has 13 heavy (non-hydrogen) atoms. The first-order valence-corrected chi connectivity index (χ1v) is 4.76. The number of rotatable bonds is 4. The van der Waals surface area contributed by atoms with Crippen LogP contribution in [0.1, 0.15) is 13.3 Å². The van der Waals surface area contributed by atoms with Crippen molar-refractivity contribution in [3.63, 3.8) is 0 Å². The van der Waals surface area contributed by atoms with Gasteiger partial charge in [-0.25, -0.2) is 4.79 Å². The lowest BCUT2D eigenvalue weighted by atomic mass is 10.2. The second kappa shape index (κ2) is 5.58. The quantitative estimate of drug-likeness (QED) is 0.667. The SMILES string of the molecule is CSC(=O)C[C@H](NC(C)=O)C(=O)O. The zero-order valence-corrected chi connectivity index (χ0v) is 8.18. The summed E-state index contributed by atoms with van der Waals surface area (Å²) in [5, 5.41) is 10.5. The van der Waals surface area contributed by atoms with Gasteiger partial charge in [0.05, 0.1) is 0 Å². The molecule has 0 saturated heterocycles. The number of amides is 1. The van der Waals surface area contributed by atoms with E-state index in [1.165, 1.54) is 6.92 Å². The normalized spacial score (nSPS) is 11.8. The Morgan fingerprint density at radius 2 is 2.00 bits per heavy atom. The highest BCUT2D eigenvalue weighted by atomic mass is 32.2. The Morgan fingerprint density at radius 3 is 2.31 bits per heavy atom. The van der Waals surface area contributed by atoms with Crippen LogP contribution in [-0.2, 0) is 14.4 Å². The van der Waals surface area contributed by atoms with E-state index in [4.69, 9.17) is 5.11 Å². The van der Waals surface area contributed by atoms with Crippen molar-refractivity contribution < 1.29 is 19.5 Å². The first kappa shape index (κ1) is 12.0. The van der Waals surface area contributed by atoms with Crippen LogP contribution < -0.4 is 5.32 Å². The molecule has 0 aliphatic carbocycles. The van der Waals surface area contributed by atoms with Crippen molar-refractivity contribution >= 4 is 28.8 Å². The molecule has 0 aliphatic heterocycles. The standard InChI is InChI=1S/C7H11NO4S/c1-4(9)8-5(7(11)12)3-6(10)13-2/h5H,3H2,1-2H3,(H,8,9)(H,11,12)/t5-/m0/s1. The summed E-state index contributed by atoms with van der Waals surface area (Å²) in [6.07, 6.45) is 1.38. The van der Waals surface area contributed by atoms with Gasteiger partial charge in [0, 0.05) is 13.3 Å². The van der Waals surface area contributed by atoms with Crippen LogP contribution in [0.3, 0.4) is 0 Å². The number of carbonyl (C=O) groups excluding carboxylic acids is 2. The molecule has 5 nitrogen and oxygen atoms in total. The third kappa shape index (κ3) is 5.24. The number of hydrogen-bond donors (Lipinski definition) is 2. The van der Waals surface area contributed by atoms with E-state index >= 15 is 0 Å². The van der Waals surface area contributed by atoms with E-state index in [1.807, 2.05) is 0 Å². The molecular formula is C7H11NO4S. The Morgan fingerprint density at radius 1 is 1.46 bits per heavy atom. The second-order valence-electron chi connectivity index (χ2n) is 2.37. The summed E-state index contributed by atoms with van der Waals surface area (Å²) in [4.78, 5) is 31.9. The van der Waals surface area contributed by atoms with Crippen LogP contribution in [0.4, 0.5) is 0 Å². The third-order valence-electron chi connectivity index (χ3n) is 1.27. The first-order valence-electron chi connectivity index (χ1n) is 3.54. The highest BCUT2D eigenvalue weighted by Crippen LogP contribution is 2.03. The van der Waals surface area contributed by atoms with Gasteiger partial charge in [0.2, 0.25) is 5.91 Å². The highest BCUT2D eigenvalue weighted by Gasteiger charge is 2.21. The summed E-state index contributed by atoms with van der Waals surface area (Å²) in [6.45, 7) is 1.21. The first-order chi connectivity index (χ1) is 5.97. The van der Waals surface area contributed by atoms with Crippen molar-refractivity contribution in [3.8, 4) is 0 Å². The average molecular weight is 205 g/mol. The molecule has 0 aromatic rings. The van der Waals surface area contributed by atoms with Gasteiger partial charge >= 0.3 is 5.97 Å². The van der Waals surface area contributed by atoms with E-state index < -0.39 is 17.9 Å². The lowest BCUT2D eigenvalue weighted by Gasteiger charge is -2.10. The number of carboxylic acids is 1. The van der Waals surface area contributed by atoms with Crippen molar-refractivity contribution in [2.75, 3.05) is 6.26 Å². The highest BCUT2D eigenvalue weighted by molar-refractivity contribution is 8.13. The molecule has 1 amide bonds. The topological polar surface area (TPSA) is 83.5 Å². The average Bonchev–Trinajstić information content (AvgIpc) is 2.02. The lowest BCUT2D eigenvalue weighted by molar-refractivity contribution is -0.142. The minimum Gasteiger partial charge on any atom is -0.480 e. The molecule has 0 bridgehead atoms. The summed E-state index contributed by atoms with van der Waals surface area (Å²) < 4.78 is 0. The van der Waals surface area contributed by atoms with Crippen LogP contribution in [0, 0.1) is 0 Å². The smallest absolute Gasteiger partial charge is 0.326 e. The van der Waals surface area contributed by atoms with E-state index in [9.17, 15) is 14.4 Å². The van der Waals surface area contributed by atoms with Gasteiger partial charge in [0.15, 0.2) is 5.12 Å². The Labute approximate surface area is 79.9 Å². The van der Waals surface area contributed by atoms with Gasteiger partial charge in [-0.15, -0.1) is 0 Å². The molecule has 74 valence electrons. The van der Waals surface area contributed by atoms with Crippen LogP contribution in [0.25, 0.3) is 0 Å². The van der Waals surface area contributed by atoms with Crippen molar-refractivity contribution in [1.29, 1.82) is 0 Å². The van der Waals surface area contributed by atoms with Gasteiger partial charge in [0.25, 0.3) is 0 Å². The van der Waals surface area contributed by atoms with Gasteiger partial charge in [0.1, 0.15) is 6.04 Å². The number of aliphatic carboxylic acids is 1. The molecule has 0 fully saturated rings. The number of hydrogen-bond acceptors (Lipinski definition) is 4. The van der Waals surface area contributed by atoms with Crippen LogP contribution >= 0.6 is 11.8 Å². The van der Waals surface area contributed by atoms with Crippen LogP contribution in [-0.4, -0.2) is 34.4 Å². The maximum atomic E-state index is 10.9. The molecule has 0 saturated carbocycles. The summed E-state index contributed by atoms with van der Waals surface area (Å²) in [5.41, 5.74) is 0. The fourth-order valence-electron chi connectivity index (χ4n) is 0.695. The maximum Gasteiger partial charge on any atom is 0.326 e. The molecule has 0 heterocycles. The lowest BCUT2D eigenvalue weighted by Crippen LogP contribution is -2.40. The molecule has 1 atom stereocenters. The molecule has 0 rings (SSSR count). The summed E-state index contributed by atoms with van der Waals surface area (Å²) >= 11 is 0.944. The van der Waals surface area contributed by atoms with E-state index in [-0.39, 0.29) is 11.5 Å². The van der Waals surface area contributed by atoms with Gasteiger partial charge in [-0.1, -0.05) is 11.8 Å².